The molecule has 2 atom stereocenters. The number of carbonyl (C=O) groups is 1. The lowest BCUT2D eigenvalue weighted by molar-refractivity contribution is -0.151. The van der Waals surface area contributed by atoms with Crippen LogP contribution in [0.3, 0.4) is 0 Å². The van der Waals surface area contributed by atoms with Gasteiger partial charge in [0.2, 0.25) is 16.8 Å². The average molecular weight is 622 g/mol. The van der Waals surface area contributed by atoms with E-state index >= 15 is 0 Å². The summed E-state index contributed by atoms with van der Waals surface area (Å²) in [6.45, 7) is 4.92. The Morgan fingerprint density at radius 3 is 2.53 bits per heavy atom. The van der Waals surface area contributed by atoms with E-state index in [1.165, 1.54) is 16.4 Å². The van der Waals surface area contributed by atoms with Gasteiger partial charge in [-0.2, -0.15) is 4.31 Å². The number of unbranched alkanes of at least 4 members (excludes halogenated alkanes) is 1. The van der Waals surface area contributed by atoms with Crippen molar-refractivity contribution in [1.29, 1.82) is 0 Å². The second-order valence-electron chi connectivity index (χ2n) is 11.6. The van der Waals surface area contributed by atoms with E-state index in [1.807, 2.05) is 44.2 Å². The smallest absolute Gasteiger partial charge is 0.407 e. The lowest BCUT2D eigenvalue weighted by Crippen LogP contribution is -2.52. The van der Waals surface area contributed by atoms with Crippen molar-refractivity contribution in [2.75, 3.05) is 46.4 Å². The Kier molecular flexibility index (Phi) is 11.6. The number of nitrogens with two attached hydrogens (primary N) is 1. The predicted octanol–water partition coefficient (Wildman–Crippen LogP) is 2.63. The summed E-state index contributed by atoms with van der Waals surface area (Å²) in [5, 5.41) is 14.3. The lowest BCUT2D eigenvalue weighted by Gasteiger charge is -2.35. The van der Waals surface area contributed by atoms with Crippen LogP contribution in [0.2, 0.25) is 0 Å². The number of amides is 1. The van der Waals surface area contributed by atoms with Crippen molar-refractivity contribution in [2.24, 2.45) is 11.1 Å². The number of ether oxygens (including phenoxy) is 5. The summed E-state index contributed by atoms with van der Waals surface area (Å²) in [7, 11) is -4.10. The van der Waals surface area contributed by atoms with Gasteiger partial charge in [-0.05, 0) is 48.9 Å². The van der Waals surface area contributed by atoms with Crippen molar-refractivity contribution in [2.45, 2.75) is 62.7 Å². The van der Waals surface area contributed by atoms with Crippen LogP contribution in [0.25, 0.3) is 0 Å². The van der Waals surface area contributed by atoms with Crippen LogP contribution >= 0.6 is 0 Å². The minimum absolute atomic E-state index is 0.0114. The highest BCUT2D eigenvalue weighted by Gasteiger charge is 2.36. The first-order chi connectivity index (χ1) is 20.6. The number of hydrogen-bond donors (Lipinski definition) is 3. The van der Waals surface area contributed by atoms with E-state index in [9.17, 15) is 18.3 Å². The molecule has 1 saturated heterocycles. The number of aliphatic hydroxyl groups is 1. The summed E-state index contributed by atoms with van der Waals surface area (Å²) in [5.74, 6) is 0.804. The first-order valence-corrected chi connectivity index (χ1v) is 16.0. The van der Waals surface area contributed by atoms with Crippen molar-refractivity contribution in [3.05, 3.63) is 54.1 Å². The molecule has 4 rings (SSSR count). The van der Waals surface area contributed by atoms with Gasteiger partial charge in [0.05, 0.1) is 30.3 Å². The molecule has 238 valence electrons. The van der Waals surface area contributed by atoms with E-state index in [1.54, 1.807) is 6.07 Å². The minimum Gasteiger partial charge on any atom is -0.454 e. The summed E-state index contributed by atoms with van der Waals surface area (Å²) in [5.41, 5.74) is 6.11. The molecule has 1 amide bonds. The molecule has 12 nitrogen and oxygen atoms in total. The van der Waals surface area contributed by atoms with Gasteiger partial charge in [0.25, 0.3) is 0 Å². The molecule has 0 aromatic heterocycles. The van der Waals surface area contributed by atoms with Gasteiger partial charge >= 0.3 is 6.09 Å². The summed E-state index contributed by atoms with van der Waals surface area (Å²) in [6, 6.07) is 12.9. The largest absolute Gasteiger partial charge is 0.454 e. The normalized spacial score (nSPS) is 17.0. The van der Waals surface area contributed by atoms with Gasteiger partial charge < -0.3 is 39.8 Å². The van der Waals surface area contributed by atoms with Crippen LogP contribution in [0.1, 0.15) is 38.7 Å². The van der Waals surface area contributed by atoms with Gasteiger partial charge in [-0.1, -0.05) is 50.6 Å². The van der Waals surface area contributed by atoms with Crippen molar-refractivity contribution in [1.82, 2.24) is 9.62 Å². The van der Waals surface area contributed by atoms with Crippen molar-refractivity contribution in [3.8, 4) is 11.5 Å². The number of carbonyl (C=O) groups excluding carboxylic acids is 1. The quantitative estimate of drug-likeness (QED) is 0.252. The SMILES string of the molecule is CC(C)(CCCCN)CN(C[C@@H](O)[C@H](Cc1ccccc1)NC(=O)OC1COCOC1)S(=O)(=O)c1ccc2c(c1)OCO2. The number of alkyl carbamates (subject to hydrolysis) is 1. The van der Waals surface area contributed by atoms with Crippen LogP contribution in [-0.2, 0) is 30.7 Å². The van der Waals surface area contributed by atoms with Crippen LogP contribution in [0.15, 0.2) is 53.4 Å². The van der Waals surface area contributed by atoms with E-state index in [0.29, 0.717) is 18.0 Å². The van der Waals surface area contributed by atoms with Gasteiger partial charge in [-0.25, -0.2) is 13.2 Å². The molecule has 0 spiro atoms. The molecule has 0 saturated carbocycles. The minimum atomic E-state index is -4.10. The molecule has 2 aromatic carbocycles. The molecule has 2 aliphatic heterocycles. The summed E-state index contributed by atoms with van der Waals surface area (Å²) < 4.78 is 56.1. The van der Waals surface area contributed by atoms with E-state index in [2.05, 4.69) is 5.32 Å². The molecular formula is C30H43N3O9S. The Labute approximate surface area is 253 Å². The van der Waals surface area contributed by atoms with E-state index < -0.39 is 39.8 Å². The second kappa shape index (κ2) is 15.2. The maximum atomic E-state index is 14.1. The van der Waals surface area contributed by atoms with E-state index in [-0.39, 0.29) is 51.2 Å². The number of nitrogens with zero attached hydrogens (tertiary/aromatic N) is 1. The van der Waals surface area contributed by atoms with Gasteiger partial charge in [-0.15, -0.1) is 0 Å². The Bertz CT molecular complexity index is 1290. The van der Waals surface area contributed by atoms with Crippen LogP contribution in [0.5, 0.6) is 11.5 Å². The fraction of sp³-hybridized carbons (Fsp3) is 0.567. The third kappa shape index (κ3) is 9.52. The van der Waals surface area contributed by atoms with Gasteiger partial charge in [0, 0.05) is 19.2 Å². The number of benzene rings is 2. The standard InChI is InChI=1S/C30H43N3O9S/c1-30(2,12-6-7-13-31)19-33(43(36,37)24-10-11-27-28(15-24)41-21-40-27)16-26(34)25(14-22-8-4-3-5-9-22)32-29(35)42-23-17-38-20-39-18-23/h3-5,8-11,15,23,25-26,34H,6-7,12-14,16-21,31H2,1-2H3,(H,32,35)/t25-,26+/m0/s1. The number of fused-ring (bicyclic) bond motifs is 1. The summed E-state index contributed by atoms with van der Waals surface area (Å²) in [4.78, 5) is 12.9. The highest BCUT2D eigenvalue weighted by molar-refractivity contribution is 7.89. The molecule has 0 unspecified atom stereocenters. The van der Waals surface area contributed by atoms with E-state index in [4.69, 9.17) is 29.4 Å². The molecular weight excluding hydrogens is 578 g/mol. The van der Waals surface area contributed by atoms with Gasteiger partial charge in [0.1, 0.15) is 6.79 Å². The molecule has 13 heteroatoms. The first kappa shape index (κ1) is 33.0. The molecule has 4 N–H and O–H groups in total. The number of sulfonamides is 1. The Morgan fingerprint density at radius 2 is 1.81 bits per heavy atom. The third-order valence-electron chi connectivity index (χ3n) is 7.40. The van der Waals surface area contributed by atoms with Crippen LogP contribution < -0.4 is 20.5 Å². The maximum Gasteiger partial charge on any atom is 0.407 e. The third-order valence-corrected chi connectivity index (χ3v) is 9.21. The molecule has 1 fully saturated rings. The molecule has 0 radical (unpaired) electrons. The fourth-order valence-corrected chi connectivity index (χ4v) is 6.76. The number of hydrogen-bond acceptors (Lipinski definition) is 10. The van der Waals surface area contributed by atoms with Gasteiger partial charge in [-0.3, -0.25) is 0 Å². The predicted molar refractivity (Wildman–Crippen MR) is 158 cm³/mol. The Balaban J connectivity index is 1.58. The Morgan fingerprint density at radius 1 is 1.09 bits per heavy atom. The fourth-order valence-electron chi connectivity index (χ4n) is 5.10. The number of aliphatic hydroxyl groups excluding tert-OH is 1. The summed E-state index contributed by atoms with van der Waals surface area (Å²) >= 11 is 0. The number of rotatable bonds is 15. The zero-order valence-electron chi connectivity index (χ0n) is 24.8. The van der Waals surface area contributed by atoms with Crippen LogP contribution in [0.4, 0.5) is 4.79 Å². The molecule has 0 bridgehead atoms. The monoisotopic (exact) mass is 621 g/mol. The topological polar surface area (TPSA) is 159 Å². The number of nitrogens with one attached hydrogen (secondary N) is 1. The van der Waals surface area contributed by atoms with Crippen molar-refractivity contribution in [3.63, 3.8) is 0 Å². The molecule has 2 heterocycles. The van der Waals surface area contributed by atoms with Gasteiger partial charge in [0.15, 0.2) is 17.6 Å². The molecule has 0 aliphatic carbocycles. The molecule has 2 aliphatic rings. The van der Waals surface area contributed by atoms with Crippen molar-refractivity contribution >= 4 is 16.1 Å². The molecule has 43 heavy (non-hydrogen) atoms. The van der Waals surface area contributed by atoms with Crippen LogP contribution in [0, 0.1) is 5.41 Å². The second-order valence-corrected chi connectivity index (χ2v) is 13.6. The van der Waals surface area contributed by atoms with Crippen LogP contribution in [-0.4, -0.2) is 88.6 Å². The zero-order chi connectivity index (χ0) is 30.9. The highest BCUT2D eigenvalue weighted by atomic mass is 32.2. The maximum absolute atomic E-state index is 14.1. The summed E-state index contributed by atoms with van der Waals surface area (Å²) in [6.07, 6.45) is -0.00264. The zero-order valence-corrected chi connectivity index (χ0v) is 25.6. The Hall–Kier alpha value is -2.94. The first-order valence-electron chi connectivity index (χ1n) is 14.5. The van der Waals surface area contributed by atoms with E-state index in [0.717, 1.165) is 24.8 Å². The molecule has 2 aromatic rings. The lowest BCUT2D eigenvalue weighted by atomic mass is 9.87. The highest BCUT2D eigenvalue weighted by Crippen LogP contribution is 2.36. The van der Waals surface area contributed by atoms with Crippen molar-refractivity contribution < 1.29 is 42.0 Å². The average Bonchev–Trinajstić information content (AvgIpc) is 3.46.